The lowest BCUT2D eigenvalue weighted by Crippen LogP contribution is -2.30. The number of anilines is 1. The Morgan fingerprint density at radius 3 is 2.73 bits per heavy atom. The van der Waals surface area contributed by atoms with E-state index in [1.165, 1.54) is 0 Å². The summed E-state index contributed by atoms with van der Waals surface area (Å²) >= 11 is 0. The molecule has 1 fully saturated rings. The van der Waals surface area contributed by atoms with Crippen molar-refractivity contribution < 1.29 is 9.59 Å². The predicted molar refractivity (Wildman–Crippen MR) is 88.1 cm³/mol. The lowest BCUT2D eigenvalue weighted by Gasteiger charge is -2.13. The Bertz CT molecular complexity index is 549. The minimum atomic E-state index is -0.0828. The Kier molecular flexibility index (Phi) is 5.55. The first-order chi connectivity index (χ1) is 10.5. The highest BCUT2D eigenvalue weighted by molar-refractivity contribution is 5.97. The Labute approximate surface area is 131 Å². The second kappa shape index (κ2) is 7.40. The molecule has 0 bridgehead atoms. The summed E-state index contributed by atoms with van der Waals surface area (Å²) in [6.45, 7) is 6.73. The minimum absolute atomic E-state index is 0.0122. The Morgan fingerprint density at radius 1 is 1.36 bits per heavy atom. The van der Waals surface area contributed by atoms with Gasteiger partial charge >= 0.3 is 0 Å². The molecule has 1 unspecified atom stereocenters. The van der Waals surface area contributed by atoms with Crippen molar-refractivity contribution in [3.05, 3.63) is 29.3 Å². The van der Waals surface area contributed by atoms with Crippen molar-refractivity contribution in [3.63, 3.8) is 0 Å². The molecule has 120 valence electrons. The molecule has 22 heavy (non-hydrogen) atoms. The van der Waals surface area contributed by atoms with Gasteiger partial charge in [-0.15, -0.1) is 0 Å². The van der Waals surface area contributed by atoms with E-state index >= 15 is 0 Å². The van der Waals surface area contributed by atoms with Crippen molar-refractivity contribution in [2.45, 2.75) is 52.1 Å². The summed E-state index contributed by atoms with van der Waals surface area (Å²) in [5.74, 6) is -0.0706. The highest BCUT2D eigenvalue weighted by atomic mass is 16.2. The van der Waals surface area contributed by atoms with Crippen LogP contribution in [0, 0.1) is 6.92 Å². The van der Waals surface area contributed by atoms with Crippen LogP contribution in [0.15, 0.2) is 18.2 Å². The summed E-state index contributed by atoms with van der Waals surface area (Å²) in [5.41, 5.74) is 2.24. The van der Waals surface area contributed by atoms with Gasteiger partial charge in [0, 0.05) is 29.8 Å². The number of benzene rings is 1. The molecule has 1 aliphatic heterocycles. The largest absolute Gasteiger partial charge is 0.350 e. The van der Waals surface area contributed by atoms with Gasteiger partial charge in [-0.25, -0.2) is 0 Å². The summed E-state index contributed by atoms with van der Waals surface area (Å²) in [6, 6.07) is 5.77. The molecule has 1 saturated heterocycles. The predicted octanol–water partition coefficient (Wildman–Crippen LogP) is 2.21. The van der Waals surface area contributed by atoms with Crippen LogP contribution >= 0.6 is 0 Å². The fourth-order valence-electron chi connectivity index (χ4n) is 2.70. The molecule has 1 heterocycles. The van der Waals surface area contributed by atoms with Gasteiger partial charge in [0.25, 0.3) is 5.91 Å². The first kappa shape index (κ1) is 16.5. The van der Waals surface area contributed by atoms with Crippen LogP contribution in [-0.2, 0) is 4.79 Å². The van der Waals surface area contributed by atoms with Crippen LogP contribution in [0.5, 0.6) is 0 Å². The summed E-state index contributed by atoms with van der Waals surface area (Å²) in [5, 5.41) is 9.09. The summed E-state index contributed by atoms with van der Waals surface area (Å²) in [6.07, 6.45) is 2.69. The molecule has 1 atom stereocenters. The van der Waals surface area contributed by atoms with Crippen LogP contribution in [0.2, 0.25) is 0 Å². The molecule has 5 heteroatoms. The maximum Gasteiger partial charge on any atom is 0.251 e. The van der Waals surface area contributed by atoms with Crippen LogP contribution in [0.1, 0.15) is 49.0 Å². The Hall–Kier alpha value is -1.88. The molecule has 0 radical (unpaired) electrons. The third-order valence-corrected chi connectivity index (χ3v) is 3.77. The standard InChI is InChI=1S/C17H25N3O2/c1-11(2)19-17(22)15-7-6-14(9-12(15)3)20-16(21)10-13-5-4-8-18-13/h6-7,9,11,13,18H,4-5,8,10H2,1-3H3,(H,19,22)(H,20,21). The maximum atomic E-state index is 12.0. The number of aryl methyl sites for hydroxylation is 1. The number of carbonyl (C=O) groups excluding carboxylic acids is 2. The number of rotatable bonds is 5. The van der Waals surface area contributed by atoms with Crippen LogP contribution in [0.4, 0.5) is 5.69 Å². The summed E-state index contributed by atoms with van der Waals surface area (Å²) in [7, 11) is 0. The smallest absolute Gasteiger partial charge is 0.251 e. The molecule has 5 nitrogen and oxygen atoms in total. The van der Waals surface area contributed by atoms with E-state index in [2.05, 4.69) is 16.0 Å². The Balaban J connectivity index is 1.96. The minimum Gasteiger partial charge on any atom is -0.350 e. The zero-order chi connectivity index (χ0) is 16.1. The monoisotopic (exact) mass is 303 g/mol. The van der Waals surface area contributed by atoms with Crippen molar-refractivity contribution in [2.24, 2.45) is 0 Å². The van der Waals surface area contributed by atoms with E-state index in [0.29, 0.717) is 12.0 Å². The van der Waals surface area contributed by atoms with Crippen molar-refractivity contribution in [1.82, 2.24) is 10.6 Å². The molecule has 1 aliphatic rings. The number of hydrogen-bond donors (Lipinski definition) is 3. The molecule has 3 N–H and O–H groups in total. The van der Waals surface area contributed by atoms with E-state index in [1.54, 1.807) is 12.1 Å². The van der Waals surface area contributed by atoms with Gasteiger partial charge in [0.1, 0.15) is 0 Å². The normalized spacial score (nSPS) is 17.5. The van der Waals surface area contributed by atoms with Gasteiger partial charge in [0.15, 0.2) is 0 Å². The molecule has 2 rings (SSSR count). The molecule has 0 aliphatic carbocycles. The molecule has 0 saturated carbocycles. The van der Waals surface area contributed by atoms with Crippen molar-refractivity contribution in [3.8, 4) is 0 Å². The zero-order valence-electron chi connectivity index (χ0n) is 13.5. The number of carbonyl (C=O) groups is 2. The quantitative estimate of drug-likeness (QED) is 0.781. The van der Waals surface area contributed by atoms with Gasteiger partial charge < -0.3 is 16.0 Å². The van der Waals surface area contributed by atoms with Gasteiger partial charge in [-0.2, -0.15) is 0 Å². The SMILES string of the molecule is Cc1cc(NC(=O)CC2CCCN2)ccc1C(=O)NC(C)C. The highest BCUT2D eigenvalue weighted by Gasteiger charge is 2.18. The first-order valence-electron chi connectivity index (χ1n) is 7.90. The number of amides is 2. The second-order valence-corrected chi connectivity index (χ2v) is 6.20. The van der Waals surface area contributed by atoms with Crippen molar-refractivity contribution in [1.29, 1.82) is 0 Å². The molecule has 1 aromatic carbocycles. The van der Waals surface area contributed by atoms with Crippen LogP contribution < -0.4 is 16.0 Å². The van der Waals surface area contributed by atoms with Crippen LogP contribution in [-0.4, -0.2) is 30.4 Å². The topological polar surface area (TPSA) is 70.2 Å². The fourth-order valence-corrected chi connectivity index (χ4v) is 2.70. The van der Waals surface area contributed by atoms with Crippen LogP contribution in [0.25, 0.3) is 0 Å². The second-order valence-electron chi connectivity index (χ2n) is 6.20. The van der Waals surface area contributed by atoms with Crippen LogP contribution in [0.3, 0.4) is 0 Å². The molecule has 0 aromatic heterocycles. The average molecular weight is 303 g/mol. The van der Waals surface area contributed by atoms with Gasteiger partial charge in [0.2, 0.25) is 5.91 Å². The summed E-state index contributed by atoms with van der Waals surface area (Å²) < 4.78 is 0. The van der Waals surface area contributed by atoms with Gasteiger partial charge in [-0.05, 0) is 63.9 Å². The molecular weight excluding hydrogens is 278 g/mol. The van der Waals surface area contributed by atoms with Gasteiger partial charge in [-0.1, -0.05) is 0 Å². The van der Waals surface area contributed by atoms with Crippen molar-refractivity contribution in [2.75, 3.05) is 11.9 Å². The number of hydrogen-bond acceptors (Lipinski definition) is 3. The number of nitrogens with one attached hydrogen (secondary N) is 3. The molecule has 2 amide bonds. The van der Waals surface area contributed by atoms with E-state index in [1.807, 2.05) is 26.8 Å². The fraction of sp³-hybridized carbons (Fsp3) is 0.529. The van der Waals surface area contributed by atoms with E-state index in [9.17, 15) is 9.59 Å². The molecule has 0 spiro atoms. The summed E-state index contributed by atoms with van der Waals surface area (Å²) in [4.78, 5) is 24.0. The maximum absolute atomic E-state index is 12.0. The highest BCUT2D eigenvalue weighted by Crippen LogP contribution is 2.17. The molecular formula is C17H25N3O2. The van der Waals surface area contributed by atoms with Gasteiger partial charge in [0.05, 0.1) is 0 Å². The van der Waals surface area contributed by atoms with E-state index < -0.39 is 0 Å². The van der Waals surface area contributed by atoms with Gasteiger partial charge in [-0.3, -0.25) is 9.59 Å². The van der Waals surface area contributed by atoms with E-state index in [-0.39, 0.29) is 23.9 Å². The lowest BCUT2D eigenvalue weighted by molar-refractivity contribution is -0.116. The van der Waals surface area contributed by atoms with Crippen molar-refractivity contribution >= 4 is 17.5 Å². The Morgan fingerprint density at radius 2 is 2.14 bits per heavy atom. The lowest BCUT2D eigenvalue weighted by atomic mass is 10.1. The third-order valence-electron chi connectivity index (χ3n) is 3.77. The van der Waals surface area contributed by atoms with E-state index in [0.717, 1.165) is 30.6 Å². The first-order valence-corrected chi connectivity index (χ1v) is 7.90. The van der Waals surface area contributed by atoms with E-state index in [4.69, 9.17) is 0 Å². The third kappa shape index (κ3) is 4.56. The average Bonchev–Trinajstić information content (AvgIpc) is 2.90. The zero-order valence-corrected chi connectivity index (χ0v) is 13.5. The molecule has 1 aromatic rings.